The van der Waals surface area contributed by atoms with Crippen molar-refractivity contribution >= 4 is 43.6 Å². The fraction of sp³-hybridized carbons (Fsp3) is 0.125. The monoisotopic (exact) mass is 702 g/mol. The smallest absolute Gasteiger partial charge is 0.118 e. The topological polar surface area (TPSA) is 70.0 Å². The number of hydrogen-bond donors (Lipinski definition) is 0. The largest absolute Gasteiger partial charge is 0.497 e. The predicted molar refractivity (Wildman–Crippen MR) is 219 cm³/mol. The lowest BCUT2D eigenvalue weighted by molar-refractivity contribution is 0.415. The Labute approximate surface area is 314 Å². The molecule has 0 amide bonds. The molecule has 9 aromatic rings. The molecule has 0 aliphatic rings. The quantitative estimate of drug-likeness (QED) is 0.132. The van der Waals surface area contributed by atoms with Crippen LogP contribution in [0, 0.1) is 0 Å². The summed E-state index contributed by atoms with van der Waals surface area (Å²) in [7, 11) is 3.38. The zero-order valence-electron chi connectivity index (χ0n) is 30.3. The average Bonchev–Trinajstić information content (AvgIpc) is 3.24. The maximum absolute atomic E-state index is 5.36. The van der Waals surface area contributed by atoms with Crippen molar-refractivity contribution in [1.29, 1.82) is 0 Å². The van der Waals surface area contributed by atoms with Crippen LogP contribution in [0.3, 0.4) is 0 Å². The van der Waals surface area contributed by atoms with E-state index >= 15 is 0 Å². The summed E-state index contributed by atoms with van der Waals surface area (Å²) in [5, 5.41) is 4.51. The molecule has 0 aliphatic carbocycles. The number of ether oxygens (including phenoxy) is 2. The lowest BCUT2D eigenvalue weighted by Gasteiger charge is -2.12. The first-order chi connectivity index (χ1) is 26.7. The molecule has 0 aliphatic heterocycles. The van der Waals surface area contributed by atoms with Crippen molar-refractivity contribution in [2.45, 2.75) is 25.7 Å². The fourth-order valence-corrected chi connectivity index (χ4v) is 7.68. The van der Waals surface area contributed by atoms with Gasteiger partial charge in [0.05, 0.1) is 36.3 Å². The van der Waals surface area contributed by atoms with E-state index in [9.17, 15) is 0 Å². The second-order valence-corrected chi connectivity index (χ2v) is 13.6. The maximum atomic E-state index is 5.36. The third-order valence-electron chi connectivity index (χ3n) is 10.6. The SMILES string of the molecule is COc1ccc(-c2ccnc3c2ccc2c(CCc4ccc(CCc5ccnc6c5ccc5c(-c7ccc(OC)cc7)ccnc56)cc4)ccnc23)cc1. The summed E-state index contributed by atoms with van der Waals surface area (Å²) in [6, 6.07) is 42.7. The van der Waals surface area contributed by atoms with Crippen molar-refractivity contribution in [2.75, 3.05) is 14.2 Å². The van der Waals surface area contributed by atoms with Crippen LogP contribution in [0.15, 0.2) is 146 Å². The molecule has 0 unspecified atom stereocenters. The van der Waals surface area contributed by atoms with E-state index in [2.05, 4.69) is 97.1 Å². The van der Waals surface area contributed by atoms with Crippen LogP contribution in [0.4, 0.5) is 0 Å². The summed E-state index contributed by atoms with van der Waals surface area (Å²) in [6.45, 7) is 0. The molecule has 4 heterocycles. The zero-order valence-corrected chi connectivity index (χ0v) is 30.3. The van der Waals surface area contributed by atoms with Gasteiger partial charge in [0, 0.05) is 46.3 Å². The van der Waals surface area contributed by atoms with Gasteiger partial charge < -0.3 is 9.47 Å². The van der Waals surface area contributed by atoms with Crippen molar-refractivity contribution in [1.82, 2.24) is 19.9 Å². The van der Waals surface area contributed by atoms with Crippen LogP contribution in [-0.4, -0.2) is 34.2 Å². The first kappa shape index (κ1) is 33.2. The van der Waals surface area contributed by atoms with Crippen molar-refractivity contribution in [3.8, 4) is 33.8 Å². The molecular formula is C48H38N4O2. The molecule has 54 heavy (non-hydrogen) atoms. The molecule has 0 fully saturated rings. The average molecular weight is 703 g/mol. The van der Waals surface area contributed by atoms with Crippen LogP contribution in [0.5, 0.6) is 11.5 Å². The highest BCUT2D eigenvalue weighted by Crippen LogP contribution is 2.35. The van der Waals surface area contributed by atoms with Gasteiger partial charge in [0.2, 0.25) is 0 Å². The first-order valence-electron chi connectivity index (χ1n) is 18.3. The highest BCUT2D eigenvalue weighted by Gasteiger charge is 2.14. The number of aryl methyl sites for hydroxylation is 4. The van der Waals surface area contributed by atoms with Gasteiger partial charge in [-0.3, -0.25) is 19.9 Å². The van der Waals surface area contributed by atoms with Gasteiger partial charge in [-0.25, -0.2) is 0 Å². The summed E-state index contributed by atoms with van der Waals surface area (Å²) >= 11 is 0. The standard InChI is InChI=1S/C48H38N4O2/c1-53-37-15-11-33(12-16-37)39-25-29-51-47-43(39)21-19-41-35(23-27-49-45(41)47)9-7-31-3-5-32(6-4-31)8-10-36-24-28-50-46-42(36)20-22-44-40(26-30-52-48(44)46)34-13-17-38(54-2)18-14-34/h3-6,11-30H,7-10H2,1-2H3. The van der Waals surface area contributed by atoms with E-state index in [4.69, 9.17) is 29.4 Å². The molecule has 0 spiro atoms. The Kier molecular flexibility index (Phi) is 8.85. The number of aromatic nitrogens is 4. The van der Waals surface area contributed by atoms with Crippen LogP contribution < -0.4 is 9.47 Å². The highest BCUT2D eigenvalue weighted by atomic mass is 16.5. The number of pyridine rings is 4. The van der Waals surface area contributed by atoms with E-state index < -0.39 is 0 Å². The Morgan fingerprint density at radius 3 is 1.09 bits per heavy atom. The third-order valence-corrected chi connectivity index (χ3v) is 10.6. The first-order valence-corrected chi connectivity index (χ1v) is 18.3. The molecule has 9 rings (SSSR count). The fourth-order valence-electron chi connectivity index (χ4n) is 7.68. The van der Waals surface area contributed by atoms with E-state index in [1.807, 2.05) is 49.1 Å². The van der Waals surface area contributed by atoms with Crippen LogP contribution in [0.2, 0.25) is 0 Å². The van der Waals surface area contributed by atoms with E-state index in [1.165, 1.54) is 22.3 Å². The molecular weight excluding hydrogens is 665 g/mol. The van der Waals surface area contributed by atoms with Crippen molar-refractivity contribution < 1.29 is 9.47 Å². The second-order valence-electron chi connectivity index (χ2n) is 13.6. The van der Waals surface area contributed by atoms with Crippen molar-refractivity contribution in [2.24, 2.45) is 0 Å². The predicted octanol–water partition coefficient (Wildman–Crippen LogP) is 10.8. The van der Waals surface area contributed by atoms with Gasteiger partial charge in [0.25, 0.3) is 0 Å². The summed E-state index contributed by atoms with van der Waals surface area (Å²) < 4.78 is 10.7. The Bertz CT molecular complexity index is 2590. The van der Waals surface area contributed by atoms with Gasteiger partial charge in [-0.05, 0) is 119 Å². The van der Waals surface area contributed by atoms with Gasteiger partial charge in [-0.15, -0.1) is 0 Å². The molecule has 0 saturated heterocycles. The molecule has 6 heteroatoms. The number of benzene rings is 5. The van der Waals surface area contributed by atoms with E-state index in [0.717, 1.165) is 103 Å². The number of fused-ring (bicyclic) bond motifs is 6. The second kappa shape index (κ2) is 14.4. The Morgan fingerprint density at radius 2 is 0.704 bits per heavy atom. The Balaban J connectivity index is 0.904. The molecule has 0 N–H and O–H groups in total. The van der Waals surface area contributed by atoms with Crippen molar-refractivity contribution in [3.63, 3.8) is 0 Å². The highest BCUT2D eigenvalue weighted by molar-refractivity contribution is 6.10. The number of hydrogen-bond acceptors (Lipinski definition) is 6. The van der Waals surface area contributed by atoms with Gasteiger partial charge in [-0.2, -0.15) is 0 Å². The summed E-state index contributed by atoms with van der Waals surface area (Å²) in [4.78, 5) is 19.2. The zero-order chi connectivity index (χ0) is 36.4. The lowest BCUT2D eigenvalue weighted by Crippen LogP contribution is -1.97. The number of nitrogens with zero attached hydrogens (tertiary/aromatic N) is 4. The molecule has 0 saturated carbocycles. The van der Waals surface area contributed by atoms with Gasteiger partial charge >= 0.3 is 0 Å². The van der Waals surface area contributed by atoms with E-state index in [0.29, 0.717) is 0 Å². The molecule has 6 nitrogen and oxygen atoms in total. The molecule has 4 aromatic heterocycles. The minimum atomic E-state index is 0.842. The Hall–Kier alpha value is -6.66. The summed E-state index contributed by atoms with van der Waals surface area (Å²) in [5.41, 5.74) is 13.5. The molecule has 0 radical (unpaired) electrons. The molecule has 0 bridgehead atoms. The number of rotatable bonds is 10. The number of methoxy groups -OCH3 is 2. The Morgan fingerprint density at radius 1 is 0.352 bits per heavy atom. The normalized spacial score (nSPS) is 11.4. The maximum Gasteiger partial charge on any atom is 0.118 e. The van der Waals surface area contributed by atoms with Crippen LogP contribution in [0.1, 0.15) is 22.3 Å². The molecule has 0 atom stereocenters. The van der Waals surface area contributed by atoms with E-state index in [1.54, 1.807) is 14.2 Å². The van der Waals surface area contributed by atoms with E-state index in [-0.39, 0.29) is 0 Å². The molecule has 5 aromatic carbocycles. The van der Waals surface area contributed by atoms with Gasteiger partial charge in [0.1, 0.15) is 11.5 Å². The van der Waals surface area contributed by atoms with Crippen LogP contribution in [-0.2, 0) is 25.7 Å². The molecule has 262 valence electrons. The van der Waals surface area contributed by atoms with Crippen LogP contribution in [0.25, 0.3) is 65.9 Å². The lowest BCUT2D eigenvalue weighted by atomic mass is 9.95. The van der Waals surface area contributed by atoms with Crippen LogP contribution >= 0.6 is 0 Å². The third kappa shape index (κ3) is 6.26. The van der Waals surface area contributed by atoms with Crippen molar-refractivity contribution in [3.05, 3.63) is 168 Å². The minimum Gasteiger partial charge on any atom is -0.497 e. The summed E-state index contributed by atoms with van der Waals surface area (Å²) in [6.07, 6.45) is 11.3. The van der Waals surface area contributed by atoms with Gasteiger partial charge in [-0.1, -0.05) is 72.8 Å². The summed E-state index contributed by atoms with van der Waals surface area (Å²) in [5.74, 6) is 1.68. The minimum absolute atomic E-state index is 0.842. The van der Waals surface area contributed by atoms with Gasteiger partial charge in [0.15, 0.2) is 0 Å².